The van der Waals surface area contributed by atoms with Crippen LogP contribution in [-0.4, -0.2) is 23.0 Å². The Hall–Kier alpha value is 0.413. The van der Waals surface area contributed by atoms with E-state index < -0.39 is 10.4 Å². The maximum Gasteiger partial charge on any atom is 2.00 e. The minimum absolute atomic E-state index is 0. The van der Waals surface area contributed by atoms with Crippen LogP contribution in [0.5, 0.6) is 0 Å². The van der Waals surface area contributed by atoms with Crippen molar-refractivity contribution in [3.63, 3.8) is 0 Å². The molecule has 0 radical (unpaired) electrons. The zero-order valence-electron chi connectivity index (χ0n) is 3.96. The fourth-order valence-electron chi connectivity index (χ4n) is 0. The van der Waals surface area contributed by atoms with Crippen molar-refractivity contribution in [3.8, 4) is 0 Å². The Morgan fingerprint density at radius 1 is 1.12 bits per heavy atom. The molecular weight excluding hydrogens is 191 g/mol. The van der Waals surface area contributed by atoms with Crippen molar-refractivity contribution in [1.82, 2.24) is 6.15 Å². The van der Waals surface area contributed by atoms with Gasteiger partial charge in [0.2, 0.25) is 0 Å². The van der Waals surface area contributed by atoms with Crippen molar-refractivity contribution < 1.29 is 42.5 Å². The van der Waals surface area contributed by atoms with Gasteiger partial charge in [-0.1, -0.05) is 0 Å². The van der Waals surface area contributed by atoms with Crippen LogP contribution in [0, 0.1) is 0 Å². The summed E-state index contributed by atoms with van der Waals surface area (Å²) >= 11 is 0. The van der Waals surface area contributed by atoms with Gasteiger partial charge in [0.25, 0.3) is 0 Å². The predicted molar refractivity (Wildman–Crippen MR) is 19.1 cm³/mol. The van der Waals surface area contributed by atoms with Crippen LogP contribution < -0.4 is 6.15 Å². The zero-order valence-corrected chi connectivity index (χ0v) is 7.74. The maximum atomic E-state index is 8.52. The quantitative estimate of drug-likeness (QED) is 0.270. The van der Waals surface area contributed by atoms with Crippen molar-refractivity contribution in [2.24, 2.45) is 0 Å². The molecule has 0 spiro atoms. The molecule has 0 fully saturated rings. The number of hydrogen-bond acceptors (Lipinski definition) is 5. The average Bonchev–Trinajstić information content (AvgIpc) is 0.722. The summed E-state index contributed by atoms with van der Waals surface area (Å²) in [5.41, 5.74) is 0. The van der Waals surface area contributed by atoms with Crippen molar-refractivity contribution in [2.75, 3.05) is 0 Å². The molecule has 0 rings (SSSR count). The van der Waals surface area contributed by atoms with Crippen LogP contribution in [-0.2, 0) is 29.9 Å². The molecule has 5 N–H and O–H groups in total. The summed E-state index contributed by atoms with van der Waals surface area (Å²) in [6, 6.07) is 0. The van der Waals surface area contributed by atoms with E-state index >= 15 is 0 Å². The summed E-state index contributed by atoms with van der Waals surface area (Å²) in [4.78, 5) is 0. The van der Waals surface area contributed by atoms with Crippen LogP contribution in [0.15, 0.2) is 0 Å². The SMILES string of the molecule is N.O.O=S(=O)([O-])[O-].[Zn+2]. The van der Waals surface area contributed by atoms with Gasteiger partial charge in [-0.2, -0.15) is 0 Å². The van der Waals surface area contributed by atoms with Crippen LogP contribution in [0.2, 0.25) is 0 Å². The molecule has 0 unspecified atom stereocenters. The molecule has 0 heterocycles. The molecule has 0 aliphatic heterocycles. The molecule has 0 bridgehead atoms. The fourth-order valence-corrected chi connectivity index (χ4v) is 0. The van der Waals surface area contributed by atoms with Gasteiger partial charge in [-0.15, -0.1) is 0 Å². The molecule has 0 aliphatic rings. The smallest absolute Gasteiger partial charge is 0.759 e. The van der Waals surface area contributed by atoms with Gasteiger partial charge in [-0.25, -0.2) is 0 Å². The first-order chi connectivity index (χ1) is 2.00. The first-order valence-electron chi connectivity index (χ1n) is 0.667. The molecule has 0 aromatic heterocycles. The molecular formula is H5NO5SZn. The number of hydrogen-bond donors (Lipinski definition) is 1. The molecule has 6 nitrogen and oxygen atoms in total. The summed E-state index contributed by atoms with van der Waals surface area (Å²) in [6.45, 7) is 0. The van der Waals surface area contributed by atoms with E-state index in [0.717, 1.165) is 0 Å². The Balaban J connectivity index is -0.0000000267. The minimum atomic E-state index is -5.17. The van der Waals surface area contributed by atoms with Crippen LogP contribution in [0.3, 0.4) is 0 Å². The van der Waals surface area contributed by atoms with E-state index in [1.165, 1.54) is 0 Å². The van der Waals surface area contributed by atoms with Gasteiger partial charge in [0.05, 0.1) is 0 Å². The fraction of sp³-hybridized carbons (Fsp3) is 0. The molecule has 0 saturated carbocycles. The Kier molecular flexibility index (Phi) is 22.0. The Morgan fingerprint density at radius 3 is 1.12 bits per heavy atom. The minimum Gasteiger partial charge on any atom is -0.759 e. The van der Waals surface area contributed by atoms with E-state index in [-0.39, 0.29) is 31.1 Å². The van der Waals surface area contributed by atoms with Crippen LogP contribution >= 0.6 is 0 Å². The molecule has 0 aliphatic carbocycles. The van der Waals surface area contributed by atoms with Gasteiger partial charge in [-0.3, -0.25) is 8.42 Å². The predicted octanol–water partition coefficient (Wildman–Crippen LogP) is -2.00. The maximum absolute atomic E-state index is 8.52. The summed E-state index contributed by atoms with van der Waals surface area (Å²) in [7, 11) is -5.17. The Morgan fingerprint density at radius 2 is 1.12 bits per heavy atom. The third-order valence-electron chi connectivity index (χ3n) is 0. The van der Waals surface area contributed by atoms with E-state index in [1.54, 1.807) is 0 Å². The van der Waals surface area contributed by atoms with E-state index in [0.29, 0.717) is 0 Å². The van der Waals surface area contributed by atoms with Crippen LogP contribution in [0.25, 0.3) is 0 Å². The third-order valence-corrected chi connectivity index (χ3v) is 0. The van der Waals surface area contributed by atoms with Crippen molar-refractivity contribution in [1.29, 1.82) is 0 Å². The molecule has 0 amide bonds. The average molecular weight is 196 g/mol. The molecule has 0 saturated heterocycles. The first kappa shape index (κ1) is 23.7. The topological polar surface area (TPSA) is 147 Å². The van der Waals surface area contributed by atoms with E-state index in [2.05, 4.69) is 0 Å². The second-order valence-corrected chi connectivity index (χ2v) is 1.22. The second-order valence-electron chi connectivity index (χ2n) is 0.408. The molecule has 0 aromatic carbocycles. The summed E-state index contributed by atoms with van der Waals surface area (Å²) in [6.07, 6.45) is 0. The van der Waals surface area contributed by atoms with Crippen molar-refractivity contribution >= 4 is 10.4 Å². The summed E-state index contributed by atoms with van der Waals surface area (Å²) < 4.78 is 34.1. The van der Waals surface area contributed by atoms with E-state index in [4.69, 9.17) is 17.5 Å². The molecule has 0 atom stereocenters. The first-order valence-corrected chi connectivity index (χ1v) is 2.00. The third kappa shape index (κ3) is 1100. The van der Waals surface area contributed by atoms with Crippen LogP contribution in [0.4, 0.5) is 0 Å². The van der Waals surface area contributed by atoms with E-state index in [1.807, 2.05) is 0 Å². The molecule has 8 heteroatoms. The van der Waals surface area contributed by atoms with Gasteiger partial charge in [0.15, 0.2) is 0 Å². The van der Waals surface area contributed by atoms with Gasteiger partial charge >= 0.3 is 19.5 Å². The summed E-state index contributed by atoms with van der Waals surface area (Å²) in [5, 5.41) is 0. The molecule has 48 valence electrons. The second kappa shape index (κ2) is 7.41. The van der Waals surface area contributed by atoms with E-state index in [9.17, 15) is 0 Å². The Labute approximate surface area is 59.5 Å². The van der Waals surface area contributed by atoms with Crippen LogP contribution in [0.1, 0.15) is 0 Å². The molecule has 8 heavy (non-hydrogen) atoms. The Bertz CT molecular complexity index is 95.6. The van der Waals surface area contributed by atoms with Gasteiger partial charge in [0, 0.05) is 10.4 Å². The largest absolute Gasteiger partial charge is 2.00 e. The van der Waals surface area contributed by atoms with Gasteiger partial charge in [0.1, 0.15) is 0 Å². The van der Waals surface area contributed by atoms with Crippen molar-refractivity contribution in [3.05, 3.63) is 0 Å². The van der Waals surface area contributed by atoms with Crippen molar-refractivity contribution in [2.45, 2.75) is 0 Å². The molecule has 0 aromatic rings. The zero-order chi connectivity index (χ0) is 4.50. The summed E-state index contributed by atoms with van der Waals surface area (Å²) in [5.74, 6) is 0. The monoisotopic (exact) mass is 195 g/mol. The van der Waals surface area contributed by atoms with Gasteiger partial charge in [-0.05, 0) is 0 Å². The normalized spacial score (nSPS) is 7.25. The van der Waals surface area contributed by atoms with Gasteiger partial charge < -0.3 is 20.7 Å². The standard InChI is InChI=1S/H3N.H2O4S.H2O.Zn/c;1-5(2,3)4;;/h1H3;(H2,1,2,3,4);1H2;/q;;;+2/p-2. The number of rotatable bonds is 0.